The van der Waals surface area contributed by atoms with Crippen LogP contribution in [0.25, 0.3) is 66.4 Å². The Morgan fingerprint density at radius 3 is 1.45 bits per heavy atom. The monoisotopic (exact) mass is 560 g/mol. The molecule has 0 N–H and O–H groups in total. The van der Waals surface area contributed by atoms with Crippen LogP contribution in [-0.2, 0) is 0 Å². The van der Waals surface area contributed by atoms with Crippen molar-refractivity contribution >= 4 is 43.6 Å². The lowest BCUT2D eigenvalue weighted by atomic mass is 10.0. The molecule has 6 nitrogen and oxygen atoms in total. The van der Waals surface area contributed by atoms with Crippen LogP contribution in [0.3, 0.4) is 0 Å². The number of nitrogens with zero attached hydrogens (tertiary/aromatic N) is 6. The van der Waals surface area contributed by atoms with E-state index >= 15 is 0 Å². The van der Waals surface area contributed by atoms with Gasteiger partial charge in [-0.25, -0.2) is 4.98 Å². The molecule has 0 fully saturated rings. The van der Waals surface area contributed by atoms with E-state index in [1.807, 2.05) is 97.1 Å². The van der Waals surface area contributed by atoms with Gasteiger partial charge in [-0.1, -0.05) is 54.6 Å². The molecule has 0 spiro atoms. The molecule has 0 saturated carbocycles. The Morgan fingerprint density at radius 1 is 0.455 bits per heavy atom. The maximum atomic E-state index is 10.0. The predicted molar refractivity (Wildman–Crippen MR) is 172 cm³/mol. The maximum Gasteiger partial charge on any atom is 0.140 e. The van der Waals surface area contributed by atoms with Crippen LogP contribution >= 0.6 is 0 Å². The SMILES string of the molecule is N#Cc1ccc2c(c1)c1ccccc1n2-c1cc(-c2ccccc2C#N)cc(-n2c3ccccc3c3cc(C#N)ccc32)n1. The molecule has 0 saturated heterocycles. The van der Waals surface area contributed by atoms with E-state index in [1.54, 1.807) is 0 Å². The van der Waals surface area contributed by atoms with Gasteiger partial charge in [0.25, 0.3) is 0 Å². The van der Waals surface area contributed by atoms with E-state index in [2.05, 4.69) is 51.6 Å². The third kappa shape index (κ3) is 3.68. The number of para-hydroxylation sites is 2. The zero-order chi connectivity index (χ0) is 29.8. The molecule has 0 aliphatic heterocycles. The third-order valence-corrected chi connectivity index (χ3v) is 8.22. The lowest BCUT2D eigenvalue weighted by Crippen LogP contribution is -2.04. The fourth-order valence-corrected chi connectivity index (χ4v) is 6.30. The van der Waals surface area contributed by atoms with E-state index in [0.717, 1.165) is 54.7 Å². The topological polar surface area (TPSA) is 94.1 Å². The van der Waals surface area contributed by atoms with Crippen LogP contribution in [0.5, 0.6) is 0 Å². The summed E-state index contributed by atoms with van der Waals surface area (Å²) < 4.78 is 4.24. The van der Waals surface area contributed by atoms with Crippen molar-refractivity contribution in [1.82, 2.24) is 14.1 Å². The molecule has 3 heterocycles. The average molecular weight is 561 g/mol. The van der Waals surface area contributed by atoms with Crippen molar-refractivity contribution in [2.45, 2.75) is 0 Å². The highest BCUT2D eigenvalue weighted by Gasteiger charge is 2.19. The van der Waals surface area contributed by atoms with E-state index in [1.165, 1.54) is 0 Å². The molecular weight excluding hydrogens is 540 g/mol. The normalized spacial score (nSPS) is 11.1. The number of aromatic nitrogens is 3. The van der Waals surface area contributed by atoms with E-state index in [0.29, 0.717) is 28.3 Å². The number of benzene rings is 5. The Hall–Kier alpha value is -6.68. The molecular formula is C38H20N6. The molecule has 0 amide bonds. The van der Waals surface area contributed by atoms with Crippen LogP contribution < -0.4 is 0 Å². The van der Waals surface area contributed by atoms with Crippen molar-refractivity contribution in [3.8, 4) is 41.0 Å². The van der Waals surface area contributed by atoms with Gasteiger partial charge >= 0.3 is 0 Å². The van der Waals surface area contributed by atoms with Gasteiger partial charge in [0.05, 0.1) is 57.0 Å². The van der Waals surface area contributed by atoms with Gasteiger partial charge < -0.3 is 0 Å². The summed E-state index contributed by atoms with van der Waals surface area (Å²) in [6.45, 7) is 0. The van der Waals surface area contributed by atoms with Crippen molar-refractivity contribution in [1.29, 1.82) is 15.8 Å². The van der Waals surface area contributed by atoms with Crippen molar-refractivity contribution in [2.75, 3.05) is 0 Å². The van der Waals surface area contributed by atoms with Gasteiger partial charge in [0, 0.05) is 21.5 Å². The van der Waals surface area contributed by atoms with Gasteiger partial charge in [0.1, 0.15) is 11.6 Å². The molecule has 0 aliphatic rings. The quantitative estimate of drug-likeness (QED) is 0.216. The van der Waals surface area contributed by atoms with Crippen LogP contribution in [0.2, 0.25) is 0 Å². The fourth-order valence-electron chi connectivity index (χ4n) is 6.30. The molecule has 202 valence electrons. The summed E-state index contributed by atoms with van der Waals surface area (Å²) >= 11 is 0. The van der Waals surface area contributed by atoms with Crippen LogP contribution in [0.1, 0.15) is 16.7 Å². The molecule has 0 radical (unpaired) electrons. The zero-order valence-corrected chi connectivity index (χ0v) is 23.2. The summed E-state index contributed by atoms with van der Waals surface area (Å²) in [5.74, 6) is 1.36. The first-order valence-electron chi connectivity index (χ1n) is 14.1. The molecule has 0 aliphatic carbocycles. The minimum Gasteiger partial charge on any atom is -0.294 e. The average Bonchev–Trinajstić information content (AvgIpc) is 3.60. The highest BCUT2D eigenvalue weighted by Crippen LogP contribution is 2.37. The van der Waals surface area contributed by atoms with Crippen molar-refractivity contribution in [2.24, 2.45) is 0 Å². The zero-order valence-electron chi connectivity index (χ0n) is 23.2. The molecule has 3 aromatic heterocycles. The lowest BCUT2D eigenvalue weighted by Gasteiger charge is -2.15. The Morgan fingerprint density at radius 2 is 0.932 bits per heavy atom. The summed E-state index contributed by atoms with van der Waals surface area (Å²) in [7, 11) is 0. The summed E-state index contributed by atoms with van der Waals surface area (Å²) in [6, 6.07) is 46.2. The molecule has 44 heavy (non-hydrogen) atoms. The van der Waals surface area contributed by atoms with Gasteiger partial charge in [-0.3, -0.25) is 9.13 Å². The predicted octanol–water partition coefficient (Wildman–Crippen LogP) is 8.56. The highest BCUT2D eigenvalue weighted by molar-refractivity contribution is 6.11. The number of fused-ring (bicyclic) bond motifs is 6. The standard InChI is InChI=1S/C38H20N6/c39-21-24-13-15-35-31(17-24)29-9-3-5-11-33(29)43(35)37-19-27(28-8-2-1-7-26(28)23-41)20-38(42-37)44-34-12-6-4-10-30(34)32-18-25(22-40)14-16-36(32)44/h1-20H. The first-order chi connectivity index (χ1) is 21.7. The number of pyridine rings is 1. The second kappa shape index (κ2) is 9.71. The number of hydrogen-bond acceptors (Lipinski definition) is 4. The van der Waals surface area contributed by atoms with Crippen LogP contribution in [0, 0.1) is 34.0 Å². The van der Waals surface area contributed by atoms with E-state index < -0.39 is 0 Å². The Labute approximate surface area is 252 Å². The molecule has 0 unspecified atom stereocenters. The second-order valence-electron chi connectivity index (χ2n) is 10.6. The molecule has 6 heteroatoms. The number of rotatable bonds is 3. The number of hydrogen-bond donors (Lipinski definition) is 0. The Kier molecular flexibility index (Phi) is 5.53. The maximum absolute atomic E-state index is 10.0. The van der Waals surface area contributed by atoms with Crippen LogP contribution in [0.4, 0.5) is 0 Å². The minimum absolute atomic E-state index is 0.567. The fraction of sp³-hybridized carbons (Fsp3) is 0. The Balaban J connectivity index is 1.51. The van der Waals surface area contributed by atoms with E-state index in [-0.39, 0.29) is 0 Å². The minimum atomic E-state index is 0.567. The molecule has 8 rings (SSSR count). The second-order valence-corrected chi connectivity index (χ2v) is 10.6. The van der Waals surface area contributed by atoms with Crippen molar-refractivity contribution in [3.05, 3.63) is 138 Å². The van der Waals surface area contributed by atoms with Gasteiger partial charge in [-0.2, -0.15) is 15.8 Å². The summed E-state index contributed by atoms with van der Waals surface area (Å²) in [5.41, 5.74) is 7.18. The molecule has 8 aromatic rings. The third-order valence-electron chi connectivity index (χ3n) is 8.22. The first kappa shape index (κ1) is 25.1. The summed E-state index contributed by atoms with van der Waals surface area (Å²) in [5, 5.41) is 33.3. The molecule has 5 aromatic carbocycles. The summed E-state index contributed by atoms with van der Waals surface area (Å²) in [4.78, 5) is 5.30. The van der Waals surface area contributed by atoms with Crippen LogP contribution in [0.15, 0.2) is 121 Å². The molecule has 0 bridgehead atoms. The van der Waals surface area contributed by atoms with E-state index in [9.17, 15) is 15.8 Å². The van der Waals surface area contributed by atoms with Crippen molar-refractivity contribution in [3.63, 3.8) is 0 Å². The number of nitriles is 3. The van der Waals surface area contributed by atoms with Gasteiger partial charge in [-0.05, 0) is 77.9 Å². The largest absolute Gasteiger partial charge is 0.294 e. The van der Waals surface area contributed by atoms with Crippen LogP contribution in [-0.4, -0.2) is 14.1 Å². The van der Waals surface area contributed by atoms with Gasteiger partial charge in [0.2, 0.25) is 0 Å². The smallest absolute Gasteiger partial charge is 0.140 e. The first-order valence-corrected chi connectivity index (χ1v) is 14.1. The van der Waals surface area contributed by atoms with Gasteiger partial charge in [0.15, 0.2) is 0 Å². The van der Waals surface area contributed by atoms with E-state index in [4.69, 9.17) is 4.98 Å². The highest BCUT2D eigenvalue weighted by atomic mass is 15.1. The van der Waals surface area contributed by atoms with Gasteiger partial charge in [-0.15, -0.1) is 0 Å². The van der Waals surface area contributed by atoms with Crippen molar-refractivity contribution < 1.29 is 0 Å². The summed E-state index contributed by atoms with van der Waals surface area (Å²) in [6.07, 6.45) is 0. The molecule has 0 atom stereocenters. The lowest BCUT2D eigenvalue weighted by molar-refractivity contribution is 1.01. The Bertz CT molecular complexity index is 2450.